The summed E-state index contributed by atoms with van der Waals surface area (Å²) in [6, 6.07) is 0. The molecule has 1 amide bonds. The van der Waals surface area contributed by atoms with Crippen molar-refractivity contribution in [2.45, 2.75) is 38.7 Å². The molecule has 0 aliphatic carbocycles. The Kier molecular flexibility index (Phi) is 5.22. The highest BCUT2D eigenvalue weighted by atomic mass is 35.5. The number of likely N-dealkylation sites (tertiary alicyclic amines) is 1. The monoisotopic (exact) mass is 262 g/mol. The number of ether oxygens (including phenoxy) is 1. The highest BCUT2D eigenvalue weighted by Crippen LogP contribution is 2.29. The van der Waals surface area contributed by atoms with Gasteiger partial charge >= 0.3 is 0 Å². The average Bonchev–Trinajstić information content (AvgIpc) is 2.73. The van der Waals surface area contributed by atoms with Gasteiger partial charge in [-0.25, -0.2) is 0 Å². The molecule has 100 valence electrons. The lowest BCUT2D eigenvalue weighted by Gasteiger charge is -2.28. The van der Waals surface area contributed by atoms with E-state index in [1.54, 1.807) is 0 Å². The third-order valence-corrected chi connectivity index (χ3v) is 3.82. The van der Waals surface area contributed by atoms with Gasteiger partial charge in [-0.1, -0.05) is 6.92 Å². The second-order valence-corrected chi connectivity index (χ2v) is 5.38. The number of carbonyl (C=O) groups is 1. The molecule has 0 radical (unpaired) electrons. The summed E-state index contributed by atoms with van der Waals surface area (Å²) in [6.07, 6.45) is 3.91. The van der Waals surface area contributed by atoms with Gasteiger partial charge in [0, 0.05) is 19.7 Å². The Morgan fingerprint density at radius 3 is 2.82 bits per heavy atom. The fourth-order valence-corrected chi connectivity index (χ4v) is 2.52. The molecule has 0 aromatic carbocycles. The molecule has 0 aromatic heterocycles. The zero-order valence-corrected chi connectivity index (χ0v) is 11.3. The molecule has 2 heterocycles. The molecular weight excluding hydrogens is 240 g/mol. The van der Waals surface area contributed by atoms with Crippen molar-refractivity contribution in [2.75, 3.05) is 26.2 Å². The topological polar surface area (TPSA) is 55.6 Å². The van der Waals surface area contributed by atoms with Gasteiger partial charge in [0.25, 0.3) is 5.91 Å². The minimum Gasteiger partial charge on any atom is -0.368 e. The zero-order valence-electron chi connectivity index (χ0n) is 10.5. The highest BCUT2D eigenvalue weighted by Gasteiger charge is 2.37. The molecule has 2 aliphatic heterocycles. The molecule has 4 nitrogen and oxygen atoms in total. The number of halogens is 1. The number of nitrogens with two attached hydrogens (primary N) is 1. The maximum absolute atomic E-state index is 12.2. The van der Waals surface area contributed by atoms with Crippen molar-refractivity contribution in [1.82, 2.24) is 4.90 Å². The molecule has 2 atom stereocenters. The number of amides is 1. The lowest BCUT2D eigenvalue weighted by atomic mass is 9.90. The van der Waals surface area contributed by atoms with Gasteiger partial charge in [0.1, 0.15) is 6.10 Å². The summed E-state index contributed by atoms with van der Waals surface area (Å²) in [5.74, 6) is 0.178. The average molecular weight is 263 g/mol. The molecule has 2 saturated heterocycles. The van der Waals surface area contributed by atoms with E-state index in [0.717, 1.165) is 45.4 Å². The minimum absolute atomic E-state index is 0. The molecule has 0 bridgehead atoms. The van der Waals surface area contributed by atoms with E-state index >= 15 is 0 Å². The normalized spacial score (nSPS) is 33.3. The van der Waals surface area contributed by atoms with Gasteiger partial charge in [-0.15, -0.1) is 12.4 Å². The van der Waals surface area contributed by atoms with Crippen LogP contribution in [0.4, 0.5) is 0 Å². The van der Waals surface area contributed by atoms with Crippen molar-refractivity contribution in [3.63, 3.8) is 0 Å². The Bertz CT molecular complexity index is 269. The van der Waals surface area contributed by atoms with Gasteiger partial charge in [-0.3, -0.25) is 4.79 Å². The first-order valence-electron chi connectivity index (χ1n) is 6.25. The number of nitrogens with zero attached hydrogens (tertiary/aromatic N) is 1. The van der Waals surface area contributed by atoms with Gasteiger partial charge in [-0.05, 0) is 37.6 Å². The molecule has 0 saturated carbocycles. The molecular formula is C12H23ClN2O2. The summed E-state index contributed by atoms with van der Waals surface area (Å²) in [6.45, 7) is 5.18. The molecule has 17 heavy (non-hydrogen) atoms. The van der Waals surface area contributed by atoms with E-state index in [1.807, 2.05) is 4.90 Å². The van der Waals surface area contributed by atoms with Crippen LogP contribution >= 0.6 is 12.4 Å². The summed E-state index contributed by atoms with van der Waals surface area (Å²) in [5.41, 5.74) is 5.86. The predicted octanol–water partition coefficient (Wildman–Crippen LogP) is 1.17. The van der Waals surface area contributed by atoms with Crippen molar-refractivity contribution < 1.29 is 9.53 Å². The van der Waals surface area contributed by atoms with Gasteiger partial charge in [0.05, 0.1) is 0 Å². The first-order chi connectivity index (χ1) is 7.64. The molecule has 0 spiro atoms. The fraction of sp³-hybridized carbons (Fsp3) is 0.917. The lowest BCUT2D eigenvalue weighted by Crippen LogP contribution is -2.42. The van der Waals surface area contributed by atoms with Crippen LogP contribution in [0.15, 0.2) is 0 Å². The Balaban J connectivity index is 0.00000144. The van der Waals surface area contributed by atoms with Crippen molar-refractivity contribution in [1.29, 1.82) is 0 Å². The van der Waals surface area contributed by atoms with Crippen LogP contribution in [0.1, 0.15) is 32.6 Å². The van der Waals surface area contributed by atoms with Crippen molar-refractivity contribution in [3.05, 3.63) is 0 Å². The second-order valence-electron chi connectivity index (χ2n) is 5.38. The number of rotatable bonds is 2. The maximum atomic E-state index is 12.2. The summed E-state index contributed by atoms with van der Waals surface area (Å²) < 4.78 is 5.53. The zero-order chi connectivity index (χ0) is 11.6. The van der Waals surface area contributed by atoms with E-state index in [4.69, 9.17) is 10.5 Å². The first-order valence-corrected chi connectivity index (χ1v) is 6.25. The molecule has 2 fully saturated rings. The molecule has 2 N–H and O–H groups in total. The quantitative estimate of drug-likeness (QED) is 0.813. The molecule has 2 rings (SSSR count). The van der Waals surface area contributed by atoms with E-state index in [-0.39, 0.29) is 29.8 Å². The van der Waals surface area contributed by atoms with Crippen LogP contribution in [0.2, 0.25) is 0 Å². The molecule has 0 aromatic rings. The van der Waals surface area contributed by atoms with Crippen LogP contribution in [0, 0.1) is 5.41 Å². The molecule has 2 aliphatic rings. The van der Waals surface area contributed by atoms with Crippen LogP contribution in [0.5, 0.6) is 0 Å². The van der Waals surface area contributed by atoms with Crippen molar-refractivity contribution in [2.24, 2.45) is 11.1 Å². The van der Waals surface area contributed by atoms with Crippen molar-refractivity contribution >= 4 is 18.3 Å². The Morgan fingerprint density at radius 1 is 1.53 bits per heavy atom. The lowest BCUT2D eigenvalue weighted by molar-refractivity contribution is -0.145. The number of hydrogen-bond donors (Lipinski definition) is 1. The summed E-state index contributed by atoms with van der Waals surface area (Å²) in [5, 5.41) is 0. The highest BCUT2D eigenvalue weighted by molar-refractivity contribution is 5.85. The predicted molar refractivity (Wildman–Crippen MR) is 69.2 cm³/mol. The van der Waals surface area contributed by atoms with Crippen LogP contribution in [-0.2, 0) is 9.53 Å². The smallest absolute Gasteiger partial charge is 0.251 e. The van der Waals surface area contributed by atoms with Crippen LogP contribution in [0.3, 0.4) is 0 Å². The Morgan fingerprint density at radius 2 is 2.29 bits per heavy atom. The van der Waals surface area contributed by atoms with E-state index in [9.17, 15) is 4.79 Å². The third kappa shape index (κ3) is 3.33. The summed E-state index contributed by atoms with van der Waals surface area (Å²) in [7, 11) is 0. The number of hydrogen-bond acceptors (Lipinski definition) is 3. The first kappa shape index (κ1) is 14.7. The summed E-state index contributed by atoms with van der Waals surface area (Å²) >= 11 is 0. The van der Waals surface area contributed by atoms with Crippen LogP contribution in [0.25, 0.3) is 0 Å². The second kappa shape index (κ2) is 6.03. The molecule has 2 unspecified atom stereocenters. The van der Waals surface area contributed by atoms with E-state index in [2.05, 4.69) is 6.92 Å². The third-order valence-electron chi connectivity index (χ3n) is 3.82. The van der Waals surface area contributed by atoms with Crippen molar-refractivity contribution in [3.8, 4) is 0 Å². The van der Waals surface area contributed by atoms with E-state index < -0.39 is 0 Å². The Hall–Kier alpha value is -0.320. The van der Waals surface area contributed by atoms with E-state index in [0.29, 0.717) is 6.54 Å². The standard InChI is InChI=1S/C12H22N2O2.ClH/c1-12(8-13)5-6-14(9-12)11(15)10-4-2-3-7-16-10;/h10H,2-9,13H2,1H3;1H. The van der Waals surface area contributed by atoms with Gasteiger partial charge < -0.3 is 15.4 Å². The van der Waals surface area contributed by atoms with Crippen LogP contribution in [-0.4, -0.2) is 43.2 Å². The minimum atomic E-state index is -0.186. The SMILES string of the molecule is CC1(CN)CCN(C(=O)C2CCCCO2)C1.Cl. The number of carbonyl (C=O) groups excluding carboxylic acids is 1. The maximum Gasteiger partial charge on any atom is 0.251 e. The van der Waals surface area contributed by atoms with Gasteiger partial charge in [-0.2, -0.15) is 0 Å². The molecule has 5 heteroatoms. The fourth-order valence-electron chi connectivity index (χ4n) is 2.52. The summed E-state index contributed by atoms with van der Waals surface area (Å²) in [4.78, 5) is 14.1. The van der Waals surface area contributed by atoms with E-state index in [1.165, 1.54) is 0 Å². The largest absolute Gasteiger partial charge is 0.368 e. The van der Waals surface area contributed by atoms with Gasteiger partial charge in [0.2, 0.25) is 0 Å². The Labute approximate surface area is 109 Å². The van der Waals surface area contributed by atoms with Gasteiger partial charge in [0.15, 0.2) is 0 Å². The van der Waals surface area contributed by atoms with Crippen LogP contribution < -0.4 is 5.73 Å².